The van der Waals surface area contributed by atoms with Crippen LogP contribution in [0.1, 0.15) is 28.8 Å². The Balaban J connectivity index is 1.68. The molecule has 4 nitrogen and oxygen atoms in total. The van der Waals surface area contributed by atoms with Crippen molar-refractivity contribution in [3.05, 3.63) is 58.1 Å². The molecule has 0 spiro atoms. The molecule has 0 atom stereocenters. The van der Waals surface area contributed by atoms with E-state index in [1.54, 1.807) is 20.3 Å². The summed E-state index contributed by atoms with van der Waals surface area (Å²) in [5, 5.41) is 0. The molecular formula is C21H24BrNO3. The first-order valence-electron chi connectivity index (χ1n) is 8.87. The third-order valence-corrected chi connectivity index (χ3v) is 5.55. The van der Waals surface area contributed by atoms with Gasteiger partial charge in [0.05, 0.1) is 24.3 Å². The number of hydrogen-bond acceptors (Lipinski definition) is 3. The van der Waals surface area contributed by atoms with Crippen molar-refractivity contribution in [1.82, 2.24) is 4.90 Å². The van der Waals surface area contributed by atoms with Crippen molar-refractivity contribution in [3.8, 4) is 11.5 Å². The second kappa shape index (κ2) is 8.58. The normalized spacial score (nSPS) is 15.0. The maximum atomic E-state index is 13.0. The van der Waals surface area contributed by atoms with Crippen molar-refractivity contribution in [2.45, 2.75) is 19.3 Å². The number of hydrogen-bond donors (Lipinski definition) is 0. The molecule has 1 amide bonds. The minimum Gasteiger partial charge on any atom is -0.497 e. The van der Waals surface area contributed by atoms with E-state index in [1.807, 2.05) is 17.0 Å². The lowest BCUT2D eigenvalue weighted by atomic mass is 9.90. The Hall–Kier alpha value is -2.01. The lowest BCUT2D eigenvalue weighted by Gasteiger charge is -2.32. The Labute approximate surface area is 163 Å². The van der Waals surface area contributed by atoms with E-state index in [-0.39, 0.29) is 5.91 Å². The summed E-state index contributed by atoms with van der Waals surface area (Å²) in [5.41, 5.74) is 1.91. The number of likely N-dealkylation sites (tertiary alicyclic amines) is 1. The predicted molar refractivity (Wildman–Crippen MR) is 106 cm³/mol. The van der Waals surface area contributed by atoms with Gasteiger partial charge >= 0.3 is 0 Å². The Morgan fingerprint density at radius 1 is 1.12 bits per heavy atom. The van der Waals surface area contributed by atoms with Gasteiger partial charge in [0.2, 0.25) is 0 Å². The summed E-state index contributed by atoms with van der Waals surface area (Å²) in [5.74, 6) is 1.82. The predicted octanol–water partition coefficient (Wildman–Crippen LogP) is 4.56. The zero-order valence-electron chi connectivity index (χ0n) is 15.2. The van der Waals surface area contributed by atoms with Gasteiger partial charge in [-0.1, -0.05) is 30.3 Å². The molecule has 0 aliphatic carbocycles. The van der Waals surface area contributed by atoms with Crippen LogP contribution in [0.3, 0.4) is 0 Å². The van der Waals surface area contributed by atoms with Crippen LogP contribution in [-0.4, -0.2) is 38.1 Å². The molecule has 1 heterocycles. The Kier molecular flexibility index (Phi) is 6.20. The first kappa shape index (κ1) is 18.8. The van der Waals surface area contributed by atoms with Crippen LogP contribution in [0.2, 0.25) is 0 Å². The molecule has 1 saturated heterocycles. The number of ether oxygens (including phenoxy) is 2. The zero-order valence-corrected chi connectivity index (χ0v) is 16.8. The van der Waals surface area contributed by atoms with Crippen molar-refractivity contribution >= 4 is 21.8 Å². The van der Waals surface area contributed by atoms with Gasteiger partial charge in [0, 0.05) is 13.1 Å². The highest BCUT2D eigenvalue weighted by Crippen LogP contribution is 2.35. The lowest BCUT2D eigenvalue weighted by Crippen LogP contribution is -2.39. The minimum absolute atomic E-state index is 0.000360. The van der Waals surface area contributed by atoms with Crippen LogP contribution in [0.4, 0.5) is 0 Å². The summed E-state index contributed by atoms with van der Waals surface area (Å²) in [6.45, 7) is 1.54. The van der Waals surface area contributed by atoms with Crippen LogP contribution in [0.5, 0.6) is 11.5 Å². The zero-order chi connectivity index (χ0) is 18.5. The second-order valence-electron chi connectivity index (χ2n) is 6.62. The van der Waals surface area contributed by atoms with Gasteiger partial charge in [0.15, 0.2) is 0 Å². The fraction of sp³-hybridized carbons (Fsp3) is 0.381. The van der Waals surface area contributed by atoms with Gasteiger partial charge in [-0.3, -0.25) is 4.79 Å². The van der Waals surface area contributed by atoms with E-state index in [9.17, 15) is 4.79 Å². The number of halogens is 1. The molecule has 0 saturated carbocycles. The highest BCUT2D eigenvalue weighted by molar-refractivity contribution is 9.10. The monoisotopic (exact) mass is 417 g/mol. The average Bonchev–Trinajstić information content (AvgIpc) is 2.68. The molecule has 0 N–H and O–H groups in total. The topological polar surface area (TPSA) is 38.8 Å². The van der Waals surface area contributed by atoms with E-state index in [0.29, 0.717) is 23.0 Å². The van der Waals surface area contributed by atoms with Crippen molar-refractivity contribution in [1.29, 1.82) is 0 Å². The number of amides is 1. The summed E-state index contributed by atoms with van der Waals surface area (Å²) < 4.78 is 11.5. The SMILES string of the molecule is COc1cc(Br)c(OC)c(C(=O)N2CCC(Cc3ccccc3)CC2)c1. The summed E-state index contributed by atoms with van der Waals surface area (Å²) in [4.78, 5) is 15.0. The molecule has 5 heteroatoms. The minimum atomic E-state index is -0.000360. The molecule has 0 unspecified atom stereocenters. The Morgan fingerprint density at radius 3 is 2.42 bits per heavy atom. The highest BCUT2D eigenvalue weighted by Gasteiger charge is 2.27. The summed E-state index contributed by atoms with van der Waals surface area (Å²) in [7, 11) is 3.17. The first-order chi connectivity index (χ1) is 12.6. The van der Waals surface area contributed by atoms with Gasteiger partial charge in [-0.2, -0.15) is 0 Å². The number of nitrogens with zero attached hydrogens (tertiary/aromatic N) is 1. The molecule has 1 aliphatic heterocycles. The van der Waals surface area contributed by atoms with Gasteiger partial charge in [-0.15, -0.1) is 0 Å². The van der Waals surface area contributed by atoms with Crippen LogP contribution >= 0.6 is 15.9 Å². The highest BCUT2D eigenvalue weighted by atomic mass is 79.9. The molecule has 26 heavy (non-hydrogen) atoms. The van der Waals surface area contributed by atoms with E-state index in [1.165, 1.54) is 5.56 Å². The summed E-state index contributed by atoms with van der Waals surface area (Å²) in [6, 6.07) is 14.1. The van der Waals surface area contributed by atoms with Crippen LogP contribution in [-0.2, 0) is 6.42 Å². The third-order valence-electron chi connectivity index (χ3n) is 4.96. The molecule has 3 rings (SSSR count). The molecule has 1 fully saturated rings. The number of carbonyl (C=O) groups is 1. The third kappa shape index (κ3) is 4.21. The summed E-state index contributed by atoms with van der Waals surface area (Å²) in [6.07, 6.45) is 3.12. The Bertz CT molecular complexity index is 755. The molecule has 0 aromatic heterocycles. The molecule has 2 aromatic carbocycles. The number of rotatable bonds is 5. The number of methoxy groups -OCH3 is 2. The van der Waals surface area contributed by atoms with Gasteiger partial charge in [0.1, 0.15) is 11.5 Å². The summed E-state index contributed by atoms with van der Waals surface area (Å²) >= 11 is 3.46. The standard InChI is InChI=1S/C21H24BrNO3/c1-25-17-13-18(20(26-2)19(22)14-17)21(24)23-10-8-16(9-11-23)12-15-6-4-3-5-7-15/h3-7,13-14,16H,8-12H2,1-2H3. The molecule has 0 bridgehead atoms. The van der Waals surface area contributed by atoms with E-state index in [4.69, 9.17) is 9.47 Å². The molecule has 2 aromatic rings. The van der Waals surface area contributed by atoms with Crippen molar-refractivity contribution in [3.63, 3.8) is 0 Å². The molecule has 138 valence electrons. The lowest BCUT2D eigenvalue weighted by molar-refractivity contribution is 0.0686. The van der Waals surface area contributed by atoms with Crippen molar-refractivity contribution in [2.24, 2.45) is 5.92 Å². The number of benzene rings is 2. The van der Waals surface area contributed by atoms with Crippen LogP contribution < -0.4 is 9.47 Å². The largest absolute Gasteiger partial charge is 0.497 e. The number of piperidine rings is 1. The van der Waals surface area contributed by atoms with Gasteiger partial charge in [0.25, 0.3) is 5.91 Å². The number of carbonyl (C=O) groups excluding carboxylic acids is 1. The van der Waals surface area contributed by atoms with E-state index < -0.39 is 0 Å². The fourth-order valence-corrected chi connectivity index (χ4v) is 4.11. The van der Waals surface area contributed by atoms with E-state index >= 15 is 0 Å². The average molecular weight is 418 g/mol. The van der Waals surface area contributed by atoms with E-state index in [2.05, 4.69) is 40.2 Å². The van der Waals surface area contributed by atoms with Crippen molar-refractivity contribution < 1.29 is 14.3 Å². The molecular weight excluding hydrogens is 394 g/mol. The maximum Gasteiger partial charge on any atom is 0.257 e. The Morgan fingerprint density at radius 2 is 1.81 bits per heavy atom. The van der Waals surface area contributed by atoms with E-state index in [0.717, 1.165) is 36.8 Å². The second-order valence-corrected chi connectivity index (χ2v) is 7.47. The molecule has 1 aliphatic rings. The van der Waals surface area contributed by atoms with Gasteiger partial charge in [-0.05, 0) is 58.8 Å². The fourth-order valence-electron chi connectivity index (χ4n) is 3.51. The van der Waals surface area contributed by atoms with Crippen LogP contribution in [0.15, 0.2) is 46.9 Å². The van der Waals surface area contributed by atoms with Gasteiger partial charge < -0.3 is 14.4 Å². The van der Waals surface area contributed by atoms with Gasteiger partial charge in [-0.25, -0.2) is 0 Å². The van der Waals surface area contributed by atoms with Crippen molar-refractivity contribution in [2.75, 3.05) is 27.3 Å². The smallest absolute Gasteiger partial charge is 0.257 e. The van der Waals surface area contributed by atoms with Crippen LogP contribution in [0, 0.1) is 5.92 Å². The maximum absolute atomic E-state index is 13.0. The first-order valence-corrected chi connectivity index (χ1v) is 9.66. The van der Waals surface area contributed by atoms with Crippen LogP contribution in [0.25, 0.3) is 0 Å². The quantitative estimate of drug-likeness (QED) is 0.715. The molecule has 0 radical (unpaired) electrons.